The van der Waals surface area contributed by atoms with Gasteiger partial charge in [0.15, 0.2) is 0 Å². The lowest BCUT2D eigenvalue weighted by Gasteiger charge is -2.08. The Kier molecular flexibility index (Phi) is 3.75. The van der Waals surface area contributed by atoms with Crippen molar-refractivity contribution in [1.82, 2.24) is 15.0 Å². The smallest absolute Gasteiger partial charge is 0.123 e. The normalized spacial score (nSPS) is 10.8. The minimum atomic E-state index is -0.268. The van der Waals surface area contributed by atoms with Crippen LogP contribution in [0.3, 0.4) is 0 Å². The monoisotopic (exact) mass is 282 g/mol. The van der Waals surface area contributed by atoms with Crippen molar-refractivity contribution in [3.05, 3.63) is 71.7 Å². The Morgan fingerprint density at radius 1 is 1.00 bits per heavy atom. The van der Waals surface area contributed by atoms with Crippen LogP contribution in [0.2, 0.25) is 0 Å². The summed E-state index contributed by atoms with van der Waals surface area (Å²) in [5.41, 5.74) is 9.25. The molecule has 0 spiro atoms. The van der Waals surface area contributed by atoms with Crippen molar-refractivity contribution in [3.8, 4) is 11.3 Å². The van der Waals surface area contributed by atoms with Gasteiger partial charge in [0.1, 0.15) is 11.5 Å². The van der Waals surface area contributed by atoms with E-state index in [9.17, 15) is 4.39 Å². The zero-order chi connectivity index (χ0) is 14.7. The van der Waals surface area contributed by atoms with Crippen LogP contribution in [-0.4, -0.2) is 15.0 Å². The number of rotatable bonds is 4. The van der Waals surface area contributed by atoms with E-state index in [0.717, 1.165) is 16.8 Å². The van der Waals surface area contributed by atoms with E-state index in [2.05, 4.69) is 10.3 Å². The molecule has 0 radical (unpaired) electrons. The van der Waals surface area contributed by atoms with Gasteiger partial charge in [-0.1, -0.05) is 35.5 Å². The summed E-state index contributed by atoms with van der Waals surface area (Å²) in [6.45, 7) is 0.891. The summed E-state index contributed by atoms with van der Waals surface area (Å²) in [6.07, 6.45) is 0. The largest absolute Gasteiger partial charge is 0.325 e. The fourth-order valence-corrected chi connectivity index (χ4v) is 2.28. The van der Waals surface area contributed by atoms with Gasteiger partial charge in [-0.3, -0.25) is 0 Å². The van der Waals surface area contributed by atoms with Gasteiger partial charge in [-0.2, -0.15) is 0 Å². The Hall–Kier alpha value is -2.53. The highest BCUT2D eigenvalue weighted by atomic mass is 19.1. The minimum Gasteiger partial charge on any atom is -0.325 e. The second kappa shape index (κ2) is 5.85. The molecule has 5 heteroatoms. The molecular formula is C16H15FN4. The van der Waals surface area contributed by atoms with Gasteiger partial charge in [0.25, 0.3) is 0 Å². The van der Waals surface area contributed by atoms with Crippen molar-refractivity contribution in [2.75, 3.05) is 0 Å². The van der Waals surface area contributed by atoms with Gasteiger partial charge in [0, 0.05) is 12.1 Å². The number of hydrogen-bond donors (Lipinski definition) is 1. The maximum absolute atomic E-state index is 13.1. The van der Waals surface area contributed by atoms with Gasteiger partial charge >= 0.3 is 0 Å². The van der Waals surface area contributed by atoms with Crippen LogP contribution < -0.4 is 5.73 Å². The van der Waals surface area contributed by atoms with Crippen molar-refractivity contribution in [2.45, 2.75) is 13.1 Å². The molecule has 2 aromatic carbocycles. The second-order valence-corrected chi connectivity index (χ2v) is 4.74. The molecule has 0 aliphatic rings. The van der Waals surface area contributed by atoms with E-state index in [0.29, 0.717) is 18.8 Å². The average Bonchev–Trinajstić information content (AvgIpc) is 2.92. The van der Waals surface area contributed by atoms with Gasteiger partial charge < -0.3 is 5.73 Å². The van der Waals surface area contributed by atoms with Crippen LogP contribution in [0.5, 0.6) is 0 Å². The maximum Gasteiger partial charge on any atom is 0.123 e. The zero-order valence-corrected chi connectivity index (χ0v) is 11.4. The highest BCUT2D eigenvalue weighted by molar-refractivity contribution is 5.61. The number of nitrogens with zero attached hydrogens (tertiary/aromatic N) is 3. The van der Waals surface area contributed by atoms with Gasteiger partial charge in [-0.25, -0.2) is 9.07 Å². The molecule has 0 fully saturated rings. The van der Waals surface area contributed by atoms with E-state index in [1.807, 2.05) is 30.3 Å². The number of aromatic nitrogens is 3. The summed E-state index contributed by atoms with van der Waals surface area (Å²) >= 11 is 0. The van der Waals surface area contributed by atoms with Gasteiger partial charge in [0.05, 0.1) is 12.2 Å². The quantitative estimate of drug-likeness (QED) is 0.800. The summed E-state index contributed by atoms with van der Waals surface area (Å²) in [5.74, 6) is -0.268. The molecule has 0 unspecified atom stereocenters. The zero-order valence-electron chi connectivity index (χ0n) is 11.4. The molecule has 0 saturated heterocycles. The van der Waals surface area contributed by atoms with Crippen LogP contribution >= 0.6 is 0 Å². The third-order valence-corrected chi connectivity index (χ3v) is 3.29. The number of hydrogen-bond acceptors (Lipinski definition) is 3. The van der Waals surface area contributed by atoms with E-state index in [1.165, 1.54) is 12.1 Å². The van der Waals surface area contributed by atoms with E-state index in [1.54, 1.807) is 16.8 Å². The molecule has 3 rings (SSSR count). The predicted molar refractivity (Wildman–Crippen MR) is 78.9 cm³/mol. The molecule has 0 saturated carbocycles. The van der Waals surface area contributed by atoms with Crippen LogP contribution in [0.4, 0.5) is 4.39 Å². The van der Waals surface area contributed by atoms with Crippen molar-refractivity contribution >= 4 is 0 Å². The fraction of sp³-hybridized carbons (Fsp3) is 0.125. The molecule has 0 bridgehead atoms. The highest BCUT2D eigenvalue weighted by Gasteiger charge is 2.14. The van der Waals surface area contributed by atoms with Crippen molar-refractivity contribution in [1.29, 1.82) is 0 Å². The Labute approximate surface area is 122 Å². The van der Waals surface area contributed by atoms with Gasteiger partial charge in [0.2, 0.25) is 0 Å². The van der Waals surface area contributed by atoms with Gasteiger partial charge in [-0.15, -0.1) is 5.10 Å². The van der Waals surface area contributed by atoms with Crippen LogP contribution in [-0.2, 0) is 13.1 Å². The predicted octanol–water partition coefficient (Wildman–Crippen LogP) is 2.59. The molecule has 0 amide bonds. The standard InChI is InChI=1S/C16H15FN4/c17-14-8-6-13(7-9-14)16-15(10-18)19-20-21(16)11-12-4-2-1-3-5-12/h1-9H,10-11,18H2. The molecule has 1 aromatic heterocycles. The molecule has 0 aliphatic carbocycles. The molecule has 21 heavy (non-hydrogen) atoms. The molecule has 106 valence electrons. The average molecular weight is 282 g/mol. The number of halogens is 1. The first-order valence-corrected chi connectivity index (χ1v) is 6.70. The SMILES string of the molecule is NCc1nnn(Cc2ccccc2)c1-c1ccc(F)cc1. The van der Waals surface area contributed by atoms with E-state index < -0.39 is 0 Å². The summed E-state index contributed by atoms with van der Waals surface area (Å²) < 4.78 is 14.9. The van der Waals surface area contributed by atoms with Crippen LogP contribution in [0.1, 0.15) is 11.3 Å². The van der Waals surface area contributed by atoms with E-state index in [-0.39, 0.29) is 5.82 Å². The highest BCUT2D eigenvalue weighted by Crippen LogP contribution is 2.23. The molecular weight excluding hydrogens is 267 g/mol. The fourth-order valence-electron chi connectivity index (χ4n) is 2.28. The topological polar surface area (TPSA) is 56.7 Å². The first kappa shape index (κ1) is 13.5. The van der Waals surface area contributed by atoms with Crippen molar-refractivity contribution in [3.63, 3.8) is 0 Å². The Morgan fingerprint density at radius 3 is 2.38 bits per heavy atom. The second-order valence-electron chi connectivity index (χ2n) is 4.74. The summed E-state index contributed by atoms with van der Waals surface area (Å²) in [7, 11) is 0. The Morgan fingerprint density at radius 2 is 1.71 bits per heavy atom. The molecule has 3 aromatic rings. The van der Waals surface area contributed by atoms with E-state index in [4.69, 9.17) is 5.73 Å². The molecule has 4 nitrogen and oxygen atoms in total. The first-order valence-electron chi connectivity index (χ1n) is 6.70. The van der Waals surface area contributed by atoms with E-state index >= 15 is 0 Å². The minimum absolute atomic E-state index is 0.268. The molecule has 0 aliphatic heterocycles. The van der Waals surface area contributed by atoms with Crippen molar-refractivity contribution in [2.24, 2.45) is 5.73 Å². The first-order chi connectivity index (χ1) is 10.3. The molecule has 1 heterocycles. The molecule has 2 N–H and O–H groups in total. The van der Waals surface area contributed by atoms with Crippen LogP contribution in [0.15, 0.2) is 54.6 Å². The Bertz CT molecular complexity index is 720. The molecule has 0 atom stereocenters. The van der Waals surface area contributed by atoms with Crippen molar-refractivity contribution < 1.29 is 4.39 Å². The van der Waals surface area contributed by atoms with Crippen LogP contribution in [0.25, 0.3) is 11.3 Å². The maximum atomic E-state index is 13.1. The lowest BCUT2D eigenvalue weighted by atomic mass is 10.1. The summed E-state index contributed by atoms with van der Waals surface area (Å²) in [4.78, 5) is 0. The third kappa shape index (κ3) is 2.83. The number of benzene rings is 2. The lowest BCUT2D eigenvalue weighted by molar-refractivity contribution is 0.627. The number of nitrogens with two attached hydrogens (primary N) is 1. The Balaban J connectivity index is 2.02. The third-order valence-electron chi connectivity index (χ3n) is 3.29. The van der Waals surface area contributed by atoms with Crippen LogP contribution in [0, 0.1) is 5.82 Å². The summed E-state index contributed by atoms with van der Waals surface area (Å²) in [5, 5.41) is 8.30. The summed E-state index contributed by atoms with van der Waals surface area (Å²) in [6, 6.07) is 16.3. The van der Waals surface area contributed by atoms with Gasteiger partial charge in [-0.05, 0) is 29.8 Å². The lowest BCUT2D eigenvalue weighted by Crippen LogP contribution is -2.05.